The summed E-state index contributed by atoms with van der Waals surface area (Å²) >= 11 is 0. The van der Waals surface area contributed by atoms with Gasteiger partial charge in [0, 0.05) is 19.2 Å². The van der Waals surface area contributed by atoms with Crippen LogP contribution in [0.3, 0.4) is 0 Å². The molecule has 2 aromatic rings. The van der Waals surface area contributed by atoms with Gasteiger partial charge in [0.15, 0.2) is 21.3 Å². The first-order valence-corrected chi connectivity index (χ1v) is 9.52. The SMILES string of the molecule is Cc1nnc(Nc2cnc(C#N)cn2)cc1S(=O)(=O)CC1CNCCO1. The number of aromatic nitrogens is 4. The fraction of sp³-hybridized carbons (Fsp3) is 0.400. The standard InChI is InChI=1S/C15H17N7O3S/c1-10-13(26(23,24)9-12-7-17-2-3-25-12)4-14(22-21-10)20-15-8-18-11(5-16)6-19-15/h4,6,8,12,17H,2-3,7,9H2,1H3,(H,19,20,22). The quantitative estimate of drug-likeness (QED) is 0.730. The number of aryl methyl sites for hydroxylation is 1. The topological polar surface area (TPSA) is 143 Å². The van der Waals surface area contributed by atoms with Gasteiger partial charge in [-0.1, -0.05) is 0 Å². The molecular formula is C15H17N7O3S. The number of ether oxygens (including phenoxy) is 1. The average molecular weight is 375 g/mol. The van der Waals surface area contributed by atoms with E-state index in [0.717, 1.165) is 0 Å². The van der Waals surface area contributed by atoms with Crippen LogP contribution < -0.4 is 10.6 Å². The van der Waals surface area contributed by atoms with E-state index in [9.17, 15) is 8.42 Å². The van der Waals surface area contributed by atoms with Crippen LogP contribution in [0.25, 0.3) is 0 Å². The van der Waals surface area contributed by atoms with Crippen molar-refractivity contribution in [1.29, 1.82) is 5.26 Å². The highest BCUT2D eigenvalue weighted by Crippen LogP contribution is 2.20. The first kappa shape index (κ1) is 18.1. The number of hydrogen-bond acceptors (Lipinski definition) is 10. The van der Waals surface area contributed by atoms with Crippen molar-refractivity contribution in [2.45, 2.75) is 17.9 Å². The molecule has 2 aromatic heterocycles. The summed E-state index contributed by atoms with van der Waals surface area (Å²) in [5.41, 5.74) is 0.486. The number of sulfone groups is 1. The number of rotatable bonds is 5. The zero-order chi connectivity index (χ0) is 18.6. The van der Waals surface area contributed by atoms with Crippen molar-refractivity contribution in [3.8, 4) is 6.07 Å². The predicted octanol–water partition coefficient (Wildman–Crippen LogP) is -0.0476. The molecule has 0 amide bonds. The van der Waals surface area contributed by atoms with Gasteiger partial charge in [0.05, 0.1) is 41.4 Å². The van der Waals surface area contributed by atoms with E-state index in [1.54, 1.807) is 6.92 Å². The van der Waals surface area contributed by atoms with Crippen LogP contribution in [0.1, 0.15) is 11.4 Å². The van der Waals surface area contributed by atoms with Crippen molar-refractivity contribution in [3.63, 3.8) is 0 Å². The second kappa shape index (κ2) is 7.69. The lowest BCUT2D eigenvalue weighted by Gasteiger charge is -2.23. The van der Waals surface area contributed by atoms with Crippen molar-refractivity contribution in [2.24, 2.45) is 0 Å². The number of anilines is 2. The van der Waals surface area contributed by atoms with Gasteiger partial charge in [-0.2, -0.15) is 10.4 Å². The molecular weight excluding hydrogens is 358 g/mol. The number of morpholine rings is 1. The highest BCUT2D eigenvalue weighted by Gasteiger charge is 2.26. The Kier molecular flexibility index (Phi) is 5.36. The summed E-state index contributed by atoms with van der Waals surface area (Å²) in [7, 11) is -3.60. The minimum Gasteiger partial charge on any atom is -0.375 e. The molecule has 0 aromatic carbocycles. The molecule has 3 rings (SSSR count). The molecule has 3 heterocycles. The summed E-state index contributed by atoms with van der Waals surface area (Å²) in [5.74, 6) is 0.406. The van der Waals surface area contributed by atoms with Crippen LogP contribution in [-0.2, 0) is 14.6 Å². The Morgan fingerprint density at radius 3 is 2.85 bits per heavy atom. The summed E-state index contributed by atoms with van der Waals surface area (Å²) in [6, 6.07) is 3.28. The van der Waals surface area contributed by atoms with Gasteiger partial charge in [-0.15, -0.1) is 5.10 Å². The van der Waals surface area contributed by atoms with Crippen LogP contribution in [0.15, 0.2) is 23.4 Å². The Balaban J connectivity index is 1.81. The summed E-state index contributed by atoms with van der Waals surface area (Å²) in [6.45, 7) is 3.28. The van der Waals surface area contributed by atoms with E-state index in [0.29, 0.717) is 31.2 Å². The highest BCUT2D eigenvalue weighted by molar-refractivity contribution is 7.91. The fourth-order valence-corrected chi connectivity index (χ4v) is 4.12. The molecule has 1 saturated heterocycles. The monoisotopic (exact) mass is 375 g/mol. The van der Waals surface area contributed by atoms with Crippen LogP contribution in [0.4, 0.5) is 11.6 Å². The van der Waals surface area contributed by atoms with E-state index < -0.39 is 15.9 Å². The number of nitrogens with zero attached hydrogens (tertiary/aromatic N) is 5. The Bertz CT molecular complexity index is 919. The summed E-state index contributed by atoms with van der Waals surface area (Å²) in [4.78, 5) is 7.98. The molecule has 0 aliphatic carbocycles. The highest BCUT2D eigenvalue weighted by atomic mass is 32.2. The fourth-order valence-electron chi connectivity index (χ4n) is 2.45. The van der Waals surface area contributed by atoms with Crippen molar-refractivity contribution < 1.29 is 13.2 Å². The van der Waals surface area contributed by atoms with Crippen LogP contribution >= 0.6 is 0 Å². The van der Waals surface area contributed by atoms with Gasteiger partial charge < -0.3 is 15.4 Å². The molecule has 10 nitrogen and oxygen atoms in total. The summed E-state index contributed by atoms with van der Waals surface area (Å²) in [5, 5.41) is 22.5. The second-order valence-electron chi connectivity index (χ2n) is 5.68. The lowest BCUT2D eigenvalue weighted by atomic mass is 10.3. The van der Waals surface area contributed by atoms with Gasteiger partial charge >= 0.3 is 0 Å². The molecule has 0 radical (unpaired) electrons. The zero-order valence-corrected chi connectivity index (χ0v) is 14.8. The molecule has 1 unspecified atom stereocenters. The van der Waals surface area contributed by atoms with E-state index in [-0.39, 0.29) is 22.2 Å². The number of nitriles is 1. The van der Waals surface area contributed by atoms with Gasteiger partial charge in [-0.05, 0) is 6.92 Å². The van der Waals surface area contributed by atoms with Gasteiger partial charge in [-0.25, -0.2) is 18.4 Å². The maximum atomic E-state index is 12.7. The Labute approximate surface area is 150 Å². The van der Waals surface area contributed by atoms with Crippen molar-refractivity contribution in [2.75, 3.05) is 30.8 Å². The molecule has 26 heavy (non-hydrogen) atoms. The second-order valence-corrected chi connectivity index (χ2v) is 7.68. The molecule has 1 fully saturated rings. The normalized spacial score (nSPS) is 17.5. The Morgan fingerprint density at radius 1 is 1.35 bits per heavy atom. The van der Waals surface area contributed by atoms with E-state index in [1.807, 2.05) is 6.07 Å². The third kappa shape index (κ3) is 4.29. The van der Waals surface area contributed by atoms with Crippen molar-refractivity contribution in [3.05, 3.63) is 29.8 Å². The lowest BCUT2D eigenvalue weighted by molar-refractivity contribution is 0.0430. The molecule has 0 saturated carbocycles. The molecule has 0 spiro atoms. The first-order chi connectivity index (χ1) is 12.5. The van der Waals surface area contributed by atoms with Crippen LogP contribution in [0.5, 0.6) is 0 Å². The summed E-state index contributed by atoms with van der Waals surface area (Å²) in [6.07, 6.45) is 2.26. The minimum absolute atomic E-state index is 0.0887. The van der Waals surface area contributed by atoms with Gasteiger partial charge in [0.1, 0.15) is 11.9 Å². The third-order valence-corrected chi connectivity index (χ3v) is 5.59. The van der Waals surface area contributed by atoms with Gasteiger partial charge in [0.2, 0.25) is 0 Å². The van der Waals surface area contributed by atoms with Crippen LogP contribution in [-0.4, -0.2) is 60.1 Å². The first-order valence-electron chi connectivity index (χ1n) is 7.86. The minimum atomic E-state index is -3.60. The van der Waals surface area contributed by atoms with Crippen molar-refractivity contribution >= 4 is 21.5 Å². The molecule has 1 atom stereocenters. The Morgan fingerprint density at radius 2 is 2.19 bits per heavy atom. The maximum Gasteiger partial charge on any atom is 0.182 e. The van der Waals surface area contributed by atoms with E-state index in [4.69, 9.17) is 10.00 Å². The van der Waals surface area contributed by atoms with E-state index in [1.165, 1.54) is 18.5 Å². The maximum absolute atomic E-state index is 12.7. The molecule has 136 valence electrons. The van der Waals surface area contributed by atoms with Crippen LogP contribution in [0.2, 0.25) is 0 Å². The lowest BCUT2D eigenvalue weighted by Crippen LogP contribution is -2.42. The average Bonchev–Trinajstić information content (AvgIpc) is 2.64. The largest absolute Gasteiger partial charge is 0.375 e. The summed E-state index contributed by atoms with van der Waals surface area (Å²) < 4.78 is 31.0. The van der Waals surface area contributed by atoms with Crippen LogP contribution in [0, 0.1) is 18.3 Å². The third-order valence-electron chi connectivity index (χ3n) is 3.70. The molecule has 1 aliphatic rings. The smallest absolute Gasteiger partial charge is 0.182 e. The molecule has 1 aliphatic heterocycles. The zero-order valence-electron chi connectivity index (χ0n) is 14.0. The van der Waals surface area contributed by atoms with Crippen molar-refractivity contribution in [1.82, 2.24) is 25.5 Å². The molecule has 11 heteroatoms. The van der Waals surface area contributed by atoms with E-state index in [2.05, 4.69) is 30.8 Å². The Hall–Kier alpha value is -2.68. The molecule has 2 N–H and O–H groups in total. The predicted molar refractivity (Wildman–Crippen MR) is 91.5 cm³/mol. The van der Waals surface area contributed by atoms with E-state index >= 15 is 0 Å². The van der Waals surface area contributed by atoms with Gasteiger partial charge in [-0.3, -0.25) is 0 Å². The molecule has 0 bridgehead atoms. The van der Waals surface area contributed by atoms with Gasteiger partial charge in [0.25, 0.3) is 0 Å². The number of hydrogen-bond donors (Lipinski definition) is 2. The number of nitrogens with one attached hydrogen (secondary N) is 2.